The number of benzene rings is 1. The molecule has 0 aliphatic heterocycles. The van der Waals surface area contributed by atoms with Crippen LogP contribution in [-0.4, -0.2) is 18.9 Å². The second-order valence-electron chi connectivity index (χ2n) is 6.01. The van der Waals surface area contributed by atoms with Crippen LogP contribution < -0.4 is 0 Å². The molecule has 1 aromatic carbocycles. The SMILES string of the molecule is COC(=O)CC(CCc1ccccc1)CC(=O)CC(C)C. The maximum Gasteiger partial charge on any atom is 0.305 e. The lowest BCUT2D eigenvalue weighted by atomic mass is 9.89. The minimum absolute atomic E-state index is 0.0731. The normalized spacial score (nSPS) is 12.2. The summed E-state index contributed by atoms with van der Waals surface area (Å²) in [6, 6.07) is 10.2. The number of ether oxygens (including phenoxy) is 1. The van der Waals surface area contributed by atoms with Crippen LogP contribution in [0.2, 0.25) is 0 Å². The van der Waals surface area contributed by atoms with Crippen LogP contribution >= 0.6 is 0 Å². The molecule has 0 N–H and O–H groups in total. The average molecular weight is 290 g/mol. The van der Waals surface area contributed by atoms with Gasteiger partial charge in [-0.25, -0.2) is 0 Å². The van der Waals surface area contributed by atoms with E-state index in [0.717, 1.165) is 12.8 Å². The smallest absolute Gasteiger partial charge is 0.305 e. The number of rotatable bonds is 9. The summed E-state index contributed by atoms with van der Waals surface area (Å²) in [7, 11) is 1.40. The zero-order valence-electron chi connectivity index (χ0n) is 13.3. The van der Waals surface area contributed by atoms with Gasteiger partial charge in [-0.15, -0.1) is 0 Å². The summed E-state index contributed by atoms with van der Waals surface area (Å²) >= 11 is 0. The summed E-state index contributed by atoms with van der Waals surface area (Å²) in [6.45, 7) is 4.08. The van der Waals surface area contributed by atoms with E-state index in [1.54, 1.807) is 0 Å². The van der Waals surface area contributed by atoms with E-state index in [1.165, 1.54) is 12.7 Å². The lowest BCUT2D eigenvalue weighted by molar-refractivity contribution is -0.141. The summed E-state index contributed by atoms with van der Waals surface area (Å²) in [4.78, 5) is 23.5. The monoisotopic (exact) mass is 290 g/mol. The van der Waals surface area contributed by atoms with E-state index in [2.05, 4.69) is 12.1 Å². The third-order valence-electron chi connectivity index (χ3n) is 3.52. The fourth-order valence-corrected chi connectivity index (χ4v) is 2.47. The first-order chi connectivity index (χ1) is 10.0. The van der Waals surface area contributed by atoms with Crippen molar-refractivity contribution in [2.45, 2.75) is 46.0 Å². The van der Waals surface area contributed by atoms with E-state index >= 15 is 0 Å². The van der Waals surface area contributed by atoms with E-state index in [4.69, 9.17) is 4.74 Å². The van der Waals surface area contributed by atoms with Gasteiger partial charge in [0.15, 0.2) is 0 Å². The number of esters is 1. The minimum atomic E-state index is -0.231. The molecule has 0 saturated heterocycles. The molecule has 1 rings (SSSR count). The Morgan fingerprint density at radius 2 is 1.71 bits per heavy atom. The zero-order valence-corrected chi connectivity index (χ0v) is 13.3. The van der Waals surface area contributed by atoms with Gasteiger partial charge in [0.2, 0.25) is 0 Å². The van der Waals surface area contributed by atoms with Gasteiger partial charge in [0, 0.05) is 19.3 Å². The van der Waals surface area contributed by atoms with Crippen LogP contribution in [0.4, 0.5) is 0 Å². The van der Waals surface area contributed by atoms with Crippen LogP contribution in [0, 0.1) is 11.8 Å². The summed E-state index contributed by atoms with van der Waals surface area (Å²) < 4.78 is 4.75. The Morgan fingerprint density at radius 1 is 1.05 bits per heavy atom. The zero-order chi connectivity index (χ0) is 15.7. The first-order valence-electron chi connectivity index (χ1n) is 7.63. The Bertz CT molecular complexity index is 437. The highest BCUT2D eigenvalue weighted by Crippen LogP contribution is 2.20. The van der Waals surface area contributed by atoms with Gasteiger partial charge in [0.05, 0.1) is 7.11 Å². The molecule has 0 radical (unpaired) electrons. The first-order valence-corrected chi connectivity index (χ1v) is 7.63. The van der Waals surface area contributed by atoms with E-state index in [0.29, 0.717) is 25.2 Å². The molecule has 3 nitrogen and oxygen atoms in total. The number of hydrogen-bond acceptors (Lipinski definition) is 3. The first kappa shape index (κ1) is 17.4. The Morgan fingerprint density at radius 3 is 2.29 bits per heavy atom. The summed E-state index contributed by atoms with van der Waals surface area (Å²) in [5, 5.41) is 0. The quantitative estimate of drug-likeness (QED) is 0.650. The molecule has 116 valence electrons. The van der Waals surface area contributed by atoms with E-state index < -0.39 is 0 Å². The average Bonchev–Trinajstić information content (AvgIpc) is 2.44. The predicted octanol–water partition coefficient (Wildman–Crippen LogP) is 3.80. The van der Waals surface area contributed by atoms with Crippen LogP contribution in [-0.2, 0) is 20.7 Å². The van der Waals surface area contributed by atoms with Crippen LogP contribution in [0.25, 0.3) is 0 Å². The second-order valence-corrected chi connectivity index (χ2v) is 6.01. The highest BCUT2D eigenvalue weighted by atomic mass is 16.5. The largest absolute Gasteiger partial charge is 0.469 e. The molecule has 1 atom stereocenters. The Labute approximate surface area is 127 Å². The molecule has 0 bridgehead atoms. The highest BCUT2D eigenvalue weighted by molar-refractivity contribution is 5.79. The molecule has 0 aromatic heterocycles. The molecular weight excluding hydrogens is 264 g/mol. The van der Waals surface area contributed by atoms with Crippen molar-refractivity contribution in [1.29, 1.82) is 0 Å². The van der Waals surface area contributed by atoms with Crippen LogP contribution in [0.1, 0.15) is 45.1 Å². The molecule has 0 spiro atoms. The Kier molecular flexibility index (Phi) is 7.73. The number of ketones is 1. The van der Waals surface area contributed by atoms with Crippen molar-refractivity contribution >= 4 is 11.8 Å². The number of methoxy groups -OCH3 is 1. The van der Waals surface area contributed by atoms with Crippen molar-refractivity contribution in [3.63, 3.8) is 0 Å². The standard InChI is InChI=1S/C18H26O3/c1-14(2)11-17(19)12-16(13-18(20)21-3)10-9-15-7-5-4-6-8-15/h4-8,14,16H,9-13H2,1-3H3. The molecule has 1 unspecified atom stereocenters. The third kappa shape index (κ3) is 7.64. The van der Waals surface area contributed by atoms with Crippen molar-refractivity contribution in [3.8, 4) is 0 Å². The highest BCUT2D eigenvalue weighted by Gasteiger charge is 2.18. The Balaban J connectivity index is 2.55. The number of hydrogen-bond donors (Lipinski definition) is 0. The van der Waals surface area contributed by atoms with Gasteiger partial charge in [-0.1, -0.05) is 44.2 Å². The molecule has 0 aliphatic carbocycles. The lowest BCUT2D eigenvalue weighted by Gasteiger charge is -2.15. The van der Waals surface area contributed by atoms with Crippen molar-refractivity contribution in [2.75, 3.05) is 7.11 Å². The van der Waals surface area contributed by atoms with Crippen molar-refractivity contribution < 1.29 is 14.3 Å². The molecule has 3 heteroatoms. The van der Waals surface area contributed by atoms with Gasteiger partial charge >= 0.3 is 5.97 Å². The summed E-state index contributed by atoms with van der Waals surface area (Å²) in [6.07, 6.45) is 3.11. The molecule has 0 saturated carbocycles. The molecule has 21 heavy (non-hydrogen) atoms. The topological polar surface area (TPSA) is 43.4 Å². The van der Waals surface area contributed by atoms with Gasteiger partial charge in [-0.3, -0.25) is 9.59 Å². The van der Waals surface area contributed by atoms with Crippen molar-refractivity contribution in [2.24, 2.45) is 11.8 Å². The predicted molar refractivity (Wildman–Crippen MR) is 84.0 cm³/mol. The Hall–Kier alpha value is -1.64. The number of carbonyl (C=O) groups is 2. The maximum atomic E-state index is 12.0. The van der Waals surface area contributed by atoms with Crippen LogP contribution in [0.5, 0.6) is 0 Å². The van der Waals surface area contributed by atoms with Gasteiger partial charge in [0.25, 0.3) is 0 Å². The van der Waals surface area contributed by atoms with Crippen molar-refractivity contribution in [1.82, 2.24) is 0 Å². The van der Waals surface area contributed by atoms with Gasteiger partial charge in [-0.2, -0.15) is 0 Å². The summed E-state index contributed by atoms with van der Waals surface area (Å²) in [5.74, 6) is 0.451. The fourth-order valence-electron chi connectivity index (χ4n) is 2.47. The molecule has 1 aromatic rings. The number of carbonyl (C=O) groups excluding carboxylic acids is 2. The number of Topliss-reactive ketones (excluding diaryl/α,β-unsaturated/α-hetero) is 1. The number of aryl methyl sites for hydroxylation is 1. The minimum Gasteiger partial charge on any atom is -0.469 e. The van der Waals surface area contributed by atoms with E-state index in [1.807, 2.05) is 32.0 Å². The second kappa shape index (κ2) is 9.32. The van der Waals surface area contributed by atoms with Crippen molar-refractivity contribution in [3.05, 3.63) is 35.9 Å². The third-order valence-corrected chi connectivity index (χ3v) is 3.52. The lowest BCUT2D eigenvalue weighted by Crippen LogP contribution is -2.16. The van der Waals surface area contributed by atoms with Crippen LogP contribution in [0.3, 0.4) is 0 Å². The van der Waals surface area contributed by atoms with E-state index in [9.17, 15) is 9.59 Å². The van der Waals surface area contributed by atoms with Gasteiger partial charge in [-0.05, 0) is 30.2 Å². The van der Waals surface area contributed by atoms with E-state index in [-0.39, 0.29) is 17.7 Å². The maximum absolute atomic E-state index is 12.0. The molecular formula is C18H26O3. The summed E-state index contributed by atoms with van der Waals surface area (Å²) in [5.41, 5.74) is 1.24. The molecule has 0 amide bonds. The van der Waals surface area contributed by atoms with Gasteiger partial charge in [0.1, 0.15) is 5.78 Å². The molecule has 0 heterocycles. The van der Waals surface area contributed by atoms with Gasteiger partial charge < -0.3 is 4.74 Å². The fraction of sp³-hybridized carbons (Fsp3) is 0.556. The molecule has 0 fully saturated rings. The molecule has 0 aliphatic rings. The van der Waals surface area contributed by atoms with Crippen LogP contribution in [0.15, 0.2) is 30.3 Å².